The highest BCUT2D eigenvalue weighted by atomic mass is 35.5. The van der Waals surface area contributed by atoms with Crippen LogP contribution in [0, 0.1) is 0 Å². The van der Waals surface area contributed by atoms with Gasteiger partial charge in [0.1, 0.15) is 0 Å². The molecule has 0 saturated carbocycles. The van der Waals surface area contributed by atoms with Gasteiger partial charge in [-0.2, -0.15) is 0 Å². The van der Waals surface area contributed by atoms with E-state index in [0.717, 1.165) is 17.5 Å². The number of alkyl halides is 1. The van der Waals surface area contributed by atoms with E-state index in [1.807, 2.05) is 67.6 Å². The Morgan fingerprint density at radius 2 is 1.23 bits per heavy atom. The molecule has 0 amide bonds. The maximum absolute atomic E-state index is 6.35. The van der Waals surface area contributed by atoms with Gasteiger partial charge in [-0.05, 0) is 29.1 Å². The Balaban J connectivity index is 1.93. The van der Waals surface area contributed by atoms with Gasteiger partial charge in [0.15, 0.2) is 0 Å². The molecular weight excluding hydrogens is 300 g/mol. The quantitative estimate of drug-likeness (QED) is 0.495. The minimum atomic E-state index is -1.57. The van der Waals surface area contributed by atoms with Crippen molar-refractivity contribution < 1.29 is 14.2 Å². The average molecular weight is 321 g/mol. The average Bonchev–Trinajstić information content (AvgIpc) is 2.59. The number of ether oxygens (including phenoxy) is 3. The van der Waals surface area contributed by atoms with E-state index in [2.05, 4.69) is 0 Å². The van der Waals surface area contributed by atoms with Gasteiger partial charge >= 0.3 is 5.43 Å². The second-order valence-electron chi connectivity index (χ2n) is 4.88. The Labute approximate surface area is 136 Å². The number of hydrogen-bond acceptors (Lipinski definition) is 3. The molecule has 0 saturated heterocycles. The van der Waals surface area contributed by atoms with Crippen LogP contribution in [0.25, 0.3) is 0 Å². The zero-order valence-electron chi connectivity index (χ0n) is 12.7. The van der Waals surface area contributed by atoms with Crippen molar-refractivity contribution in [2.24, 2.45) is 0 Å². The van der Waals surface area contributed by atoms with Crippen molar-refractivity contribution in [1.29, 1.82) is 0 Å². The molecule has 0 fully saturated rings. The van der Waals surface area contributed by atoms with Crippen molar-refractivity contribution >= 4 is 11.6 Å². The Morgan fingerprint density at radius 1 is 0.773 bits per heavy atom. The molecule has 0 aliphatic heterocycles. The molecule has 22 heavy (non-hydrogen) atoms. The molecule has 0 N–H and O–H groups in total. The van der Waals surface area contributed by atoms with Crippen LogP contribution in [0.5, 0.6) is 0 Å². The van der Waals surface area contributed by atoms with Crippen molar-refractivity contribution in [3.05, 3.63) is 71.8 Å². The third-order valence-corrected chi connectivity index (χ3v) is 3.31. The summed E-state index contributed by atoms with van der Waals surface area (Å²) in [5.41, 5.74) is 0.452. The van der Waals surface area contributed by atoms with Crippen LogP contribution in [0.1, 0.15) is 24.5 Å². The van der Waals surface area contributed by atoms with E-state index in [1.54, 1.807) is 0 Å². The molecule has 0 radical (unpaired) electrons. The summed E-state index contributed by atoms with van der Waals surface area (Å²) in [6, 6.07) is 19.6. The maximum Gasteiger partial charge on any atom is 0.370 e. The first kappa shape index (κ1) is 17.0. The zero-order chi connectivity index (χ0) is 15.7. The van der Waals surface area contributed by atoms with E-state index in [9.17, 15) is 0 Å². The summed E-state index contributed by atoms with van der Waals surface area (Å²) < 4.78 is 16.9. The van der Waals surface area contributed by atoms with E-state index >= 15 is 0 Å². The molecule has 0 bridgehead atoms. The molecule has 3 nitrogen and oxygen atoms in total. The normalized spacial score (nSPS) is 11.5. The van der Waals surface area contributed by atoms with Gasteiger partial charge in [-0.25, -0.2) is 0 Å². The predicted octanol–water partition coefficient (Wildman–Crippen LogP) is 4.70. The lowest BCUT2D eigenvalue weighted by Gasteiger charge is -2.27. The smallest absolute Gasteiger partial charge is 0.314 e. The third kappa shape index (κ3) is 5.78. The van der Waals surface area contributed by atoms with Crippen LogP contribution in [0.2, 0.25) is 0 Å². The van der Waals surface area contributed by atoms with E-state index in [-0.39, 0.29) is 0 Å². The van der Waals surface area contributed by atoms with Gasteiger partial charge in [0, 0.05) is 0 Å². The lowest BCUT2D eigenvalue weighted by atomic mass is 10.2. The zero-order valence-corrected chi connectivity index (χ0v) is 13.5. The van der Waals surface area contributed by atoms with Gasteiger partial charge in [-0.1, -0.05) is 67.6 Å². The number of hydrogen-bond donors (Lipinski definition) is 0. The van der Waals surface area contributed by atoms with Crippen LogP contribution in [-0.2, 0) is 27.4 Å². The summed E-state index contributed by atoms with van der Waals surface area (Å²) in [7, 11) is 0. The number of halogens is 1. The molecule has 2 aromatic rings. The summed E-state index contributed by atoms with van der Waals surface area (Å²) in [5, 5.41) is 0. The van der Waals surface area contributed by atoms with Gasteiger partial charge in [0.25, 0.3) is 0 Å². The van der Waals surface area contributed by atoms with Gasteiger partial charge in [-0.15, -0.1) is 0 Å². The van der Waals surface area contributed by atoms with E-state index in [0.29, 0.717) is 19.8 Å². The van der Waals surface area contributed by atoms with Crippen molar-refractivity contribution in [2.75, 3.05) is 6.61 Å². The number of rotatable bonds is 9. The molecule has 0 unspecified atom stereocenters. The molecular formula is C18H21ClO3. The van der Waals surface area contributed by atoms with Crippen molar-refractivity contribution in [3.8, 4) is 0 Å². The number of benzene rings is 2. The second-order valence-corrected chi connectivity index (χ2v) is 5.34. The molecule has 4 heteroatoms. The van der Waals surface area contributed by atoms with Crippen molar-refractivity contribution in [1.82, 2.24) is 0 Å². The highest BCUT2D eigenvalue weighted by Crippen LogP contribution is 2.25. The summed E-state index contributed by atoms with van der Waals surface area (Å²) in [6.07, 6.45) is 0.831. The molecule has 0 heterocycles. The fourth-order valence-electron chi connectivity index (χ4n) is 1.84. The Morgan fingerprint density at radius 3 is 1.64 bits per heavy atom. The fourth-order valence-corrected chi connectivity index (χ4v) is 2.02. The van der Waals surface area contributed by atoms with Crippen LogP contribution in [-0.4, -0.2) is 12.0 Å². The van der Waals surface area contributed by atoms with Gasteiger partial charge in [-0.3, -0.25) is 0 Å². The molecule has 0 aromatic heterocycles. The molecule has 0 aliphatic carbocycles. The van der Waals surface area contributed by atoms with Crippen LogP contribution in [0.15, 0.2) is 60.7 Å². The molecule has 0 spiro atoms. The molecule has 0 aliphatic rings. The summed E-state index contributed by atoms with van der Waals surface area (Å²) in [5.74, 6) is 0. The van der Waals surface area contributed by atoms with Gasteiger partial charge < -0.3 is 14.2 Å². The van der Waals surface area contributed by atoms with Crippen molar-refractivity contribution in [2.45, 2.75) is 32.0 Å². The van der Waals surface area contributed by atoms with Crippen LogP contribution in [0.4, 0.5) is 0 Å². The molecule has 118 valence electrons. The Bertz CT molecular complexity index is 487. The first-order valence-corrected chi connectivity index (χ1v) is 7.78. The lowest BCUT2D eigenvalue weighted by molar-refractivity contribution is -0.334. The molecule has 2 aromatic carbocycles. The second kappa shape index (κ2) is 8.91. The van der Waals surface area contributed by atoms with Gasteiger partial charge in [0.2, 0.25) is 0 Å². The van der Waals surface area contributed by atoms with E-state index in [4.69, 9.17) is 25.8 Å². The summed E-state index contributed by atoms with van der Waals surface area (Å²) in [6.45, 7) is 3.12. The third-order valence-electron chi connectivity index (χ3n) is 2.99. The van der Waals surface area contributed by atoms with Crippen LogP contribution in [0.3, 0.4) is 0 Å². The van der Waals surface area contributed by atoms with Crippen LogP contribution < -0.4 is 0 Å². The topological polar surface area (TPSA) is 27.7 Å². The Kier molecular flexibility index (Phi) is 6.87. The molecule has 0 atom stereocenters. The first-order valence-electron chi connectivity index (χ1n) is 7.40. The fraction of sp³-hybridized carbons (Fsp3) is 0.333. The maximum atomic E-state index is 6.35. The highest BCUT2D eigenvalue weighted by molar-refractivity contribution is 6.20. The molecule has 2 rings (SSSR count). The largest absolute Gasteiger partial charge is 0.370 e. The van der Waals surface area contributed by atoms with Gasteiger partial charge in [0.05, 0.1) is 19.8 Å². The highest BCUT2D eigenvalue weighted by Gasteiger charge is 2.31. The van der Waals surface area contributed by atoms with E-state index < -0.39 is 5.43 Å². The summed E-state index contributed by atoms with van der Waals surface area (Å²) in [4.78, 5) is 0. The minimum Gasteiger partial charge on any atom is -0.314 e. The lowest BCUT2D eigenvalue weighted by Crippen LogP contribution is -2.33. The minimum absolute atomic E-state index is 0.322. The first-order chi connectivity index (χ1) is 10.7. The van der Waals surface area contributed by atoms with Crippen LogP contribution >= 0.6 is 11.6 Å². The summed E-state index contributed by atoms with van der Waals surface area (Å²) >= 11 is 6.35. The monoisotopic (exact) mass is 320 g/mol. The standard InChI is InChI=1S/C18H21ClO3/c1-2-13-20-18(19,21-14-16-9-5-3-6-10-16)22-15-17-11-7-4-8-12-17/h3-12H,2,13-15H2,1H3. The van der Waals surface area contributed by atoms with E-state index in [1.165, 1.54) is 0 Å². The Hall–Kier alpha value is -1.39. The van der Waals surface area contributed by atoms with Crippen molar-refractivity contribution in [3.63, 3.8) is 0 Å². The predicted molar refractivity (Wildman–Crippen MR) is 87.3 cm³/mol. The SMILES string of the molecule is CCCOC(Cl)(OCc1ccccc1)OCc1ccccc1.